The molecular weight excluding hydrogens is 216 g/mol. The summed E-state index contributed by atoms with van der Waals surface area (Å²) >= 11 is 0. The Balaban J connectivity index is 2.71. The number of esters is 1. The van der Waals surface area contributed by atoms with Crippen LogP contribution in [-0.4, -0.2) is 49.2 Å². The SMILES string of the molecule is CCC(C)NC1(C(=O)OC)CCN(CC)CC1. The number of rotatable bonds is 5. The lowest BCUT2D eigenvalue weighted by molar-refractivity contribution is -0.151. The van der Waals surface area contributed by atoms with Gasteiger partial charge in [0.1, 0.15) is 5.54 Å². The molecule has 0 aromatic rings. The van der Waals surface area contributed by atoms with Crippen LogP contribution in [0.25, 0.3) is 0 Å². The van der Waals surface area contributed by atoms with Gasteiger partial charge in [0.25, 0.3) is 0 Å². The third-order valence-electron chi connectivity index (χ3n) is 3.87. The molecule has 0 bridgehead atoms. The molecule has 1 atom stereocenters. The van der Waals surface area contributed by atoms with Crippen LogP contribution in [0.15, 0.2) is 0 Å². The summed E-state index contributed by atoms with van der Waals surface area (Å²) in [4.78, 5) is 14.4. The van der Waals surface area contributed by atoms with Crippen LogP contribution in [-0.2, 0) is 9.53 Å². The topological polar surface area (TPSA) is 41.6 Å². The lowest BCUT2D eigenvalue weighted by Crippen LogP contribution is -2.60. The lowest BCUT2D eigenvalue weighted by atomic mass is 9.86. The van der Waals surface area contributed by atoms with Crippen molar-refractivity contribution in [3.63, 3.8) is 0 Å². The van der Waals surface area contributed by atoms with Crippen LogP contribution in [0.1, 0.15) is 40.0 Å². The van der Waals surface area contributed by atoms with Gasteiger partial charge in [-0.1, -0.05) is 13.8 Å². The molecule has 100 valence electrons. The van der Waals surface area contributed by atoms with Gasteiger partial charge in [-0.05, 0) is 32.7 Å². The number of ether oxygens (including phenoxy) is 1. The van der Waals surface area contributed by atoms with Gasteiger partial charge in [0, 0.05) is 19.1 Å². The molecule has 1 aliphatic heterocycles. The molecule has 4 heteroatoms. The van der Waals surface area contributed by atoms with Crippen LogP contribution >= 0.6 is 0 Å². The number of nitrogens with one attached hydrogen (secondary N) is 1. The zero-order valence-corrected chi connectivity index (χ0v) is 11.6. The van der Waals surface area contributed by atoms with E-state index in [9.17, 15) is 4.79 Å². The summed E-state index contributed by atoms with van der Waals surface area (Å²) in [6.07, 6.45) is 2.71. The summed E-state index contributed by atoms with van der Waals surface area (Å²) in [5.74, 6) is -0.103. The molecule has 4 nitrogen and oxygen atoms in total. The van der Waals surface area contributed by atoms with Gasteiger partial charge >= 0.3 is 5.97 Å². The third-order valence-corrected chi connectivity index (χ3v) is 3.87. The normalized spacial score (nSPS) is 22.1. The minimum absolute atomic E-state index is 0.103. The molecule has 0 radical (unpaired) electrons. The second-order valence-electron chi connectivity index (χ2n) is 4.96. The highest BCUT2D eigenvalue weighted by Gasteiger charge is 2.42. The first-order chi connectivity index (χ1) is 8.07. The Labute approximate surface area is 105 Å². The van der Waals surface area contributed by atoms with E-state index in [1.54, 1.807) is 0 Å². The summed E-state index contributed by atoms with van der Waals surface area (Å²) in [5.41, 5.74) is -0.462. The molecule has 1 fully saturated rings. The molecule has 0 saturated carbocycles. The maximum absolute atomic E-state index is 12.0. The van der Waals surface area contributed by atoms with Crippen molar-refractivity contribution < 1.29 is 9.53 Å². The second kappa shape index (κ2) is 6.36. The van der Waals surface area contributed by atoms with Crippen LogP contribution in [0.2, 0.25) is 0 Å². The smallest absolute Gasteiger partial charge is 0.326 e. The number of nitrogens with zero attached hydrogens (tertiary/aromatic N) is 1. The largest absolute Gasteiger partial charge is 0.468 e. The van der Waals surface area contributed by atoms with Gasteiger partial charge < -0.3 is 9.64 Å². The molecule has 1 saturated heterocycles. The van der Waals surface area contributed by atoms with Crippen molar-refractivity contribution >= 4 is 5.97 Å². The maximum Gasteiger partial charge on any atom is 0.326 e. The van der Waals surface area contributed by atoms with Gasteiger partial charge in [-0.3, -0.25) is 10.1 Å². The number of carbonyl (C=O) groups excluding carboxylic acids is 1. The molecule has 1 aliphatic rings. The standard InChI is InChI=1S/C13H26N2O2/c1-5-11(3)14-13(12(16)17-4)7-9-15(6-2)10-8-13/h11,14H,5-10H2,1-4H3. The fraction of sp³-hybridized carbons (Fsp3) is 0.923. The second-order valence-corrected chi connectivity index (χ2v) is 4.96. The fourth-order valence-electron chi connectivity index (χ4n) is 2.43. The predicted octanol–water partition coefficient (Wildman–Crippen LogP) is 1.40. The summed E-state index contributed by atoms with van der Waals surface area (Å²) in [6, 6.07) is 0.349. The first-order valence-corrected chi connectivity index (χ1v) is 6.66. The molecule has 1 heterocycles. The Morgan fingerprint density at radius 2 is 2.00 bits per heavy atom. The van der Waals surface area contributed by atoms with E-state index >= 15 is 0 Å². The molecule has 1 unspecified atom stereocenters. The lowest BCUT2D eigenvalue weighted by Gasteiger charge is -2.41. The van der Waals surface area contributed by atoms with Crippen molar-refractivity contribution in [2.75, 3.05) is 26.7 Å². The van der Waals surface area contributed by atoms with E-state index in [2.05, 4.69) is 31.0 Å². The van der Waals surface area contributed by atoms with Gasteiger partial charge in [-0.25, -0.2) is 0 Å². The number of carbonyl (C=O) groups is 1. The van der Waals surface area contributed by atoms with Crippen LogP contribution < -0.4 is 5.32 Å². The summed E-state index contributed by atoms with van der Waals surface area (Å²) in [6.45, 7) is 9.40. The van der Waals surface area contributed by atoms with E-state index in [4.69, 9.17) is 4.74 Å². The Hall–Kier alpha value is -0.610. The van der Waals surface area contributed by atoms with Crippen molar-refractivity contribution in [2.45, 2.75) is 51.6 Å². The van der Waals surface area contributed by atoms with E-state index in [1.165, 1.54) is 7.11 Å². The Morgan fingerprint density at radius 1 is 1.41 bits per heavy atom. The monoisotopic (exact) mass is 242 g/mol. The third kappa shape index (κ3) is 3.42. The average molecular weight is 242 g/mol. The molecule has 0 aromatic heterocycles. The maximum atomic E-state index is 12.0. The van der Waals surface area contributed by atoms with E-state index in [0.717, 1.165) is 38.9 Å². The molecule has 0 amide bonds. The first-order valence-electron chi connectivity index (χ1n) is 6.66. The van der Waals surface area contributed by atoms with Gasteiger partial charge in [0.05, 0.1) is 7.11 Å². The minimum Gasteiger partial charge on any atom is -0.468 e. The molecule has 1 N–H and O–H groups in total. The highest BCUT2D eigenvalue weighted by atomic mass is 16.5. The molecule has 17 heavy (non-hydrogen) atoms. The van der Waals surface area contributed by atoms with E-state index in [0.29, 0.717) is 6.04 Å². The van der Waals surface area contributed by atoms with Crippen molar-refractivity contribution in [2.24, 2.45) is 0 Å². The van der Waals surface area contributed by atoms with Gasteiger partial charge in [-0.15, -0.1) is 0 Å². The molecule has 0 aliphatic carbocycles. The number of likely N-dealkylation sites (tertiary alicyclic amines) is 1. The summed E-state index contributed by atoms with van der Waals surface area (Å²) < 4.78 is 4.99. The molecule has 1 rings (SSSR count). The van der Waals surface area contributed by atoms with Crippen LogP contribution in [0.4, 0.5) is 0 Å². The first kappa shape index (κ1) is 14.5. The highest BCUT2D eigenvalue weighted by molar-refractivity contribution is 5.81. The van der Waals surface area contributed by atoms with E-state index < -0.39 is 5.54 Å². The quantitative estimate of drug-likeness (QED) is 0.740. The minimum atomic E-state index is -0.462. The Kier molecular flexibility index (Phi) is 5.40. The van der Waals surface area contributed by atoms with Gasteiger partial charge in [0.15, 0.2) is 0 Å². The summed E-state index contributed by atoms with van der Waals surface area (Å²) in [5, 5.41) is 3.48. The van der Waals surface area contributed by atoms with Crippen molar-refractivity contribution in [1.29, 1.82) is 0 Å². The van der Waals surface area contributed by atoms with Gasteiger partial charge in [-0.2, -0.15) is 0 Å². The van der Waals surface area contributed by atoms with Crippen molar-refractivity contribution in [3.05, 3.63) is 0 Å². The van der Waals surface area contributed by atoms with E-state index in [1.807, 2.05) is 0 Å². The highest BCUT2D eigenvalue weighted by Crippen LogP contribution is 2.24. The fourth-order valence-corrected chi connectivity index (χ4v) is 2.43. The van der Waals surface area contributed by atoms with Crippen molar-refractivity contribution in [1.82, 2.24) is 10.2 Å². The molecule has 0 spiro atoms. The van der Waals surface area contributed by atoms with Crippen LogP contribution in [0, 0.1) is 0 Å². The zero-order valence-electron chi connectivity index (χ0n) is 11.6. The van der Waals surface area contributed by atoms with Crippen LogP contribution in [0.3, 0.4) is 0 Å². The number of piperidine rings is 1. The summed E-state index contributed by atoms with van der Waals surface area (Å²) in [7, 11) is 1.48. The van der Waals surface area contributed by atoms with Crippen molar-refractivity contribution in [3.8, 4) is 0 Å². The average Bonchev–Trinajstić information content (AvgIpc) is 2.38. The van der Waals surface area contributed by atoms with E-state index in [-0.39, 0.29) is 5.97 Å². The zero-order chi connectivity index (χ0) is 12.9. The predicted molar refractivity (Wildman–Crippen MR) is 69.0 cm³/mol. The molecular formula is C13H26N2O2. The number of hydrogen-bond acceptors (Lipinski definition) is 4. The number of methoxy groups -OCH3 is 1. The van der Waals surface area contributed by atoms with Crippen LogP contribution in [0.5, 0.6) is 0 Å². The Morgan fingerprint density at radius 3 is 2.41 bits per heavy atom. The van der Waals surface area contributed by atoms with Gasteiger partial charge in [0.2, 0.25) is 0 Å². The molecule has 0 aromatic carbocycles. The Bertz CT molecular complexity index is 248. The number of hydrogen-bond donors (Lipinski definition) is 1.